The molecule has 132 valence electrons. The van der Waals surface area contributed by atoms with E-state index < -0.39 is 0 Å². The number of carbonyl (C=O) groups is 1. The molecule has 1 aliphatic rings. The molecule has 0 bridgehead atoms. The van der Waals surface area contributed by atoms with E-state index in [1.54, 1.807) is 19.2 Å². The molecule has 2 rings (SSSR count). The topological polar surface area (TPSA) is 66.0 Å². The van der Waals surface area contributed by atoms with E-state index in [-0.39, 0.29) is 18.3 Å². The Hall–Kier alpha value is -2.15. The number of amides is 1. The molecule has 0 aliphatic heterocycles. The second kappa shape index (κ2) is 9.22. The SMILES string of the molecule is CN=C(NCC(=O)Nc1cccc(F)c1)N(C)CCOCC1CC1. The standard InChI is InChI=1S/C17H25FN4O2/c1-19-17(22(2)8-9-24-12-13-6-7-13)20-11-16(23)21-15-5-3-4-14(18)10-15/h3-5,10,13H,6-9,11-12H2,1-2H3,(H,19,20)(H,21,23). The number of nitrogens with one attached hydrogen (secondary N) is 2. The smallest absolute Gasteiger partial charge is 0.243 e. The lowest BCUT2D eigenvalue weighted by atomic mass is 10.3. The van der Waals surface area contributed by atoms with Crippen LogP contribution in [0.5, 0.6) is 0 Å². The van der Waals surface area contributed by atoms with E-state index in [1.165, 1.54) is 25.0 Å². The predicted octanol–water partition coefficient (Wildman–Crippen LogP) is 1.70. The van der Waals surface area contributed by atoms with Gasteiger partial charge in [0.2, 0.25) is 5.91 Å². The van der Waals surface area contributed by atoms with Crippen molar-refractivity contribution in [1.82, 2.24) is 10.2 Å². The third kappa shape index (κ3) is 6.54. The molecule has 1 aromatic rings. The number of ether oxygens (including phenoxy) is 1. The molecule has 7 heteroatoms. The lowest BCUT2D eigenvalue weighted by Gasteiger charge is -2.21. The third-order valence-corrected chi connectivity index (χ3v) is 3.71. The normalized spacial score (nSPS) is 14.4. The molecule has 1 fully saturated rings. The summed E-state index contributed by atoms with van der Waals surface area (Å²) < 4.78 is 18.7. The van der Waals surface area contributed by atoms with Crippen LogP contribution in [-0.2, 0) is 9.53 Å². The fourth-order valence-electron chi connectivity index (χ4n) is 2.16. The van der Waals surface area contributed by atoms with Crippen molar-refractivity contribution >= 4 is 17.6 Å². The van der Waals surface area contributed by atoms with Crippen molar-refractivity contribution in [1.29, 1.82) is 0 Å². The van der Waals surface area contributed by atoms with Crippen molar-refractivity contribution in [2.75, 3.05) is 45.7 Å². The van der Waals surface area contributed by atoms with Gasteiger partial charge in [-0.15, -0.1) is 0 Å². The Kier molecular flexibility index (Phi) is 6.99. The fraction of sp³-hybridized carbons (Fsp3) is 0.529. The molecule has 0 radical (unpaired) electrons. The third-order valence-electron chi connectivity index (χ3n) is 3.71. The summed E-state index contributed by atoms with van der Waals surface area (Å²) in [5.74, 6) is 0.710. The highest BCUT2D eigenvalue weighted by molar-refractivity contribution is 5.94. The van der Waals surface area contributed by atoms with Gasteiger partial charge in [0, 0.05) is 32.9 Å². The maximum atomic E-state index is 13.1. The van der Waals surface area contributed by atoms with Crippen LogP contribution in [0.3, 0.4) is 0 Å². The van der Waals surface area contributed by atoms with E-state index in [2.05, 4.69) is 15.6 Å². The summed E-state index contributed by atoms with van der Waals surface area (Å²) in [5.41, 5.74) is 0.429. The Bertz CT molecular complexity index is 575. The van der Waals surface area contributed by atoms with Crippen molar-refractivity contribution in [2.45, 2.75) is 12.8 Å². The Balaban J connectivity index is 1.68. The van der Waals surface area contributed by atoms with E-state index in [9.17, 15) is 9.18 Å². The molecule has 0 heterocycles. The van der Waals surface area contributed by atoms with Crippen molar-refractivity contribution in [2.24, 2.45) is 10.9 Å². The van der Waals surface area contributed by atoms with Crippen LogP contribution in [0.2, 0.25) is 0 Å². The largest absolute Gasteiger partial charge is 0.379 e. The van der Waals surface area contributed by atoms with Gasteiger partial charge >= 0.3 is 0 Å². The van der Waals surface area contributed by atoms with Gasteiger partial charge in [-0.25, -0.2) is 4.39 Å². The summed E-state index contributed by atoms with van der Waals surface area (Å²) in [6.07, 6.45) is 2.55. The van der Waals surface area contributed by atoms with Crippen LogP contribution >= 0.6 is 0 Å². The van der Waals surface area contributed by atoms with Crippen LogP contribution in [0.15, 0.2) is 29.3 Å². The molecule has 0 spiro atoms. The first kappa shape index (κ1) is 18.2. The van der Waals surface area contributed by atoms with E-state index in [0.29, 0.717) is 24.8 Å². The number of halogens is 1. The lowest BCUT2D eigenvalue weighted by Crippen LogP contribution is -2.43. The van der Waals surface area contributed by atoms with Crippen molar-refractivity contribution < 1.29 is 13.9 Å². The first-order valence-electron chi connectivity index (χ1n) is 8.13. The number of carbonyl (C=O) groups excluding carboxylic acids is 1. The van der Waals surface area contributed by atoms with Gasteiger partial charge in [-0.05, 0) is 37.0 Å². The predicted molar refractivity (Wildman–Crippen MR) is 92.6 cm³/mol. The summed E-state index contributed by atoms with van der Waals surface area (Å²) in [6, 6.07) is 5.79. The number of anilines is 1. The lowest BCUT2D eigenvalue weighted by molar-refractivity contribution is -0.115. The maximum absolute atomic E-state index is 13.1. The summed E-state index contributed by atoms with van der Waals surface area (Å²) in [6.45, 7) is 2.20. The summed E-state index contributed by atoms with van der Waals surface area (Å²) >= 11 is 0. The monoisotopic (exact) mass is 336 g/mol. The Morgan fingerprint density at radius 1 is 1.46 bits per heavy atom. The minimum Gasteiger partial charge on any atom is -0.379 e. The molecule has 6 nitrogen and oxygen atoms in total. The zero-order valence-corrected chi connectivity index (χ0v) is 14.2. The molecule has 1 aliphatic carbocycles. The van der Waals surface area contributed by atoms with Crippen LogP contribution in [0.25, 0.3) is 0 Å². The number of nitrogens with zero attached hydrogens (tertiary/aromatic N) is 2. The zero-order chi connectivity index (χ0) is 17.4. The Labute approximate surface area is 142 Å². The molecule has 0 aromatic heterocycles. The number of hydrogen-bond acceptors (Lipinski definition) is 3. The van der Waals surface area contributed by atoms with Crippen LogP contribution < -0.4 is 10.6 Å². The molecule has 24 heavy (non-hydrogen) atoms. The fourth-order valence-corrected chi connectivity index (χ4v) is 2.16. The van der Waals surface area contributed by atoms with E-state index in [0.717, 1.165) is 12.5 Å². The van der Waals surface area contributed by atoms with Gasteiger partial charge in [-0.2, -0.15) is 0 Å². The van der Waals surface area contributed by atoms with Crippen LogP contribution in [0.1, 0.15) is 12.8 Å². The van der Waals surface area contributed by atoms with Crippen LogP contribution in [0, 0.1) is 11.7 Å². The summed E-state index contributed by atoms with van der Waals surface area (Å²) in [4.78, 5) is 18.0. The molecule has 1 saturated carbocycles. The molecule has 0 atom stereocenters. The Morgan fingerprint density at radius 2 is 2.25 bits per heavy atom. The van der Waals surface area contributed by atoms with Crippen LogP contribution in [-0.4, -0.2) is 57.2 Å². The Morgan fingerprint density at radius 3 is 2.92 bits per heavy atom. The van der Waals surface area contributed by atoms with Crippen molar-refractivity contribution in [3.8, 4) is 0 Å². The van der Waals surface area contributed by atoms with E-state index >= 15 is 0 Å². The number of guanidine groups is 1. The number of rotatable bonds is 8. The number of likely N-dealkylation sites (N-methyl/N-ethyl adjacent to an activating group) is 1. The van der Waals surface area contributed by atoms with Crippen molar-refractivity contribution in [3.05, 3.63) is 30.1 Å². The van der Waals surface area contributed by atoms with Gasteiger partial charge in [0.15, 0.2) is 5.96 Å². The quantitative estimate of drug-likeness (QED) is 0.431. The van der Waals surface area contributed by atoms with Gasteiger partial charge in [-0.1, -0.05) is 6.07 Å². The van der Waals surface area contributed by atoms with Crippen molar-refractivity contribution in [3.63, 3.8) is 0 Å². The van der Waals surface area contributed by atoms with Gasteiger partial charge in [0.1, 0.15) is 5.82 Å². The van der Waals surface area contributed by atoms with Gasteiger partial charge in [0.05, 0.1) is 13.2 Å². The van der Waals surface area contributed by atoms with E-state index in [4.69, 9.17) is 4.74 Å². The van der Waals surface area contributed by atoms with Gasteiger partial charge in [-0.3, -0.25) is 9.79 Å². The molecule has 1 amide bonds. The average molecular weight is 336 g/mol. The first-order chi connectivity index (χ1) is 11.6. The van der Waals surface area contributed by atoms with Gasteiger partial charge in [0.25, 0.3) is 0 Å². The summed E-state index contributed by atoms with van der Waals surface area (Å²) in [5, 5.41) is 5.61. The average Bonchev–Trinajstić information content (AvgIpc) is 3.36. The minimum atomic E-state index is -0.387. The highest BCUT2D eigenvalue weighted by Gasteiger charge is 2.21. The highest BCUT2D eigenvalue weighted by Crippen LogP contribution is 2.28. The zero-order valence-electron chi connectivity index (χ0n) is 14.2. The molecule has 2 N–H and O–H groups in total. The second-order valence-corrected chi connectivity index (χ2v) is 5.90. The van der Waals surface area contributed by atoms with E-state index in [1.807, 2.05) is 11.9 Å². The van der Waals surface area contributed by atoms with Gasteiger partial charge < -0.3 is 20.3 Å². The molecule has 0 unspecified atom stereocenters. The minimum absolute atomic E-state index is 0.0520. The first-order valence-corrected chi connectivity index (χ1v) is 8.13. The molecule has 1 aromatic carbocycles. The molecular formula is C17H25FN4O2. The molecular weight excluding hydrogens is 311 g/mol. The maximum Gasteiger partial charge on any atom is 0.243 e. The summed E-state index contributed by atoms with van der Waals surface area (Å²) in [7, 11) is 3.55. The molecule has 0 saturated heterocycles. The number of aliphatic imine (C=N–C) groups is 1. The second-order valence-electron chi connectivity index (χ2n) is 5.90. The number of benzene rings is 1. The highest BCUT2D eigenvalue weighted by atomic mass is 19.1. The van der Waals surface area contributed by atoms with Crippen LogP contribution in [0.4, 0.5) is 10.1 Å². The number of hydrogen-bond donors (Lipinski definition) is 2.